The van der Waals surface area contributed by atoms with Crippen LogP contribution >= 0.6 is 11.3 Å². The first-order chi connectivity index (χ1) is 14.9. The van der Waals surface area contributed by atoms with E-state index in [1.165, 1.54) is 36.1 Å². The first-order valence-electron chi connectivity index (χ1n) is 10.3. The van der Waals surface area contributed by atoms with Crippen molar-refractivity contribution in [1.29, 1.82) is 0 Å². The number of benzene rings is 2. The second-order valence-electron chi connectivity index (χ2n) is 7.64. The Morgan fingerprint density at radius 1 is 1.23 bits per heavy atom. The molecule has 1 saturated carbocycles. The number of unbranched alkanes of at least 4 members (excludes halogenated alkanes) is 1. The lowest BCUT2D eigenvalue weighted by molar-refractivity contribution is 0.102. The molecule has 7 nitrogen and oxygen atoms in total. The van der Waals surface area contributed by atoms with E-state index < -0.39 is 15.9 Å². The molecule has 1 aromatic heterocycles. The van der Waals surface area contributed by atoms with E-state index in [2.05, 4.69) is 34.1 Å². The molecule has 4 rings (SSSR count). The summed E-state index contributed by atoms with van der Waals surface area (Å²) in [5, 5.41) is 3.27. The number of nitrogens with zero attached hydrogens (tertiary/aromatic N) is 1. The van der Waals surface area contributed by atoms with Gasteiger partial charge in [0, 0.05) is 11.6 Å². The lowest BCUT2D eigenvalue weighted by Gasteiger charge is -2.12. The lowest BCUT2D eigenvalue weighted by Crippen LogP contribution is -2.26. The third-order valence-corrected chi connectivity index (χ3v) is 7.58. The van der Waals surface area contributed by atoms with Crippen molar-refractivity contribution >= 4 is 42.6 Å². The van der Waals surface area contributed by atoms with Gasteiger partial charge in [0.15, 0.2) is 5.13 Å². The quantitative estimate of drug-likeness (QED) is 0.496. The average Bonchev–Trinajstić information content (AvgIpc) is 3.47. The number of ether oxygens (including phenoxy) is 1. The number of carbonyl (C=O) groups is 1. The number of hydrogen-bond acceptors (Lipinski definition) is 6. The number of thiazole rings is 1. The van der Waals surface area contributed by atoms with Crippen molar-refractivity contribution in [2.45, 2.75) is 50.0 Å². The highest BCUT2D eigenvalue weighted by atomic mass is 32.2. The van der Waals surface area contributed by atoms with E-state index in [4.69, 9.17) is 4.74 Å². The zero-order chi connectivity index (χ0) is 22.0. The second kappa shape index (κ2) is 8.94. The molecule has 0 saturated heterocycles. The molecular formula is C22H25N3O4S2. The van der Waals surface area contributed by atoms with Gasteiger partial charge in [-0.3, -0.25) is 10.1 Å². The Kier molecular flexibility index (Phi) is 6.27. The van der Waals surface area contributed by atoms with Crippen molar-refractivity contribution in [2.75, 3.05) is 12.4 Å². The van der Waals surface area contributed by atoms with Crippen LogP contribution in [0.25, 0.3) is 10.2 Å². The zero-order valence-corrected chi connectivity index (χ0v) is 19.1. The Balaban J connectivity index is 1.56. The highest BCUT2D eigenvalue weighted by Gasteiger charge is 2.30. The molecule has 1 heterocycles. The van der Waals surface area contributed by atoms with Crippen molar-refractivity contribution in [1.82, 2.24) is 9.71 Å². The Morgan fingerprint density at radius 3 is 2.74 bits per heavy atom. The van der Waals surface area contributed by atoms with Crippen LogP contribution in [0.2, 0.25) is 0 Å². The van der Waals surface area contributed by atoms with E-state index in [-0.39, 0.29) is 22.3 Å². The number of carbonyl (C=O) groups excluding carboxylic acids is 1. The van der Waals surface area contributed by atoms with E-state index >= 15 is 0 Å². The molecule has 0 atom stereocenters. The number of nitrogens with one attached hydrogen (secondary N) is 2. The molecule has 3 aromatic rings. The van der Waals surface area contributed by atoms with Gasteiger partial charge in [0.1, 0.15) is 10.6 Å². The Morgan fingerprint density at radius 2 is 2.03 bits per heavy atom. The van der Waals surface area contributed by atoms with E-state index in [1.807, 2.05) is 6.07 Å². The predicted molar refractivity (Wildman–Crippen MR) is 123 cm³/mol. The van der Waals surface area contributed by atoms with Crippen LogP contribution < -0.4 is 14.8 Å². The van der Waals surface area contributed by atoms with Crippen LogP contribution in [-0.2, 0) is 16.4 Å². The smallest absolute Gasteiger partial charge is 0.257 e. The molecule has 1 amide bonds. The first-order valence-corrected chi connectivity index (χ1v) is 12.6. The van der Waals surface area contributed by atoms with Crippen LogP contribution in [0, 0.1) is 0 Å². The summed E-state index contributed by atoms with van der Waals surface area (Å²) in [6, 6.07) is 10.5. The normalized spacial score (nSPS) is 14.0. The van der Waals surface area contributed by atoms with Crippen LogP contribution in [0.15, 0.2) is 41.3 Å². The molecule has 0 unspecified atom stereocenters. The fourth-order valence-electron chi connectivity index (χ4n) is 3.24. The summed E-state index contributed by atoms with van der Waals surface area (Å²) in [5.74, 6) is -0.222. The van der Waals surface area contributed by atoms with Crippen molar-refractivity contribution < 1.29 is 17.9 Å². The Labute approximate surface area is 185 Å². The molecule has 0 aliphatic heterocycles. The molecule has 2 N–H and O–H groups in total. The van der Waals surface area contributed by atoms with Crippen molar-refractivity contribution in [2.24, 2.45) is 0 Å². The molecule has 2 aromatic carbocycles. The molecule has 9 heteroatoms. The maximum absolute atomic E-state index is 12.8. The minimum atomic E-state index is -3.77. The molecule has 164 valence electrons. The highest BCUT2D eigenvalue weighted by Crippen LogP contribution is 2.30. The summed E-state index contributed by atoms with van der Waals surface area (Å²) in [4.78, 5) is 17.3. The number of methoxy groups -OCH3 is 1. The average molecular weight is 460 g/mol. The topological polar surface area (TPSA) is 97.4 Å². The van der Waals surface area contributed by atoms with Gasteiger partial charge >= 0.3 is 0 Å². The number of hydrogen-bond donors (Lipinski definition) is 2. The fourth-order valence-corrected chi connectivity index (χ4v) is 5.66. The Bertz CT molecular complexity index is 1220. The number of fused-ring (bicyclic) bond motifs is 1. The van der Waals surface area contributed by atoms with Crippen LogP contribution in [0.3, 0.4) is 0 Å². The van der Waals surface area contributed by atoms with E-state index in [0.717, 1.165) is 42.3 Å². The van der Waals surface area contributed by atoms with Gasteiger partial charge in [-0.15, -0.1) is 0 Å². The van der Waals surface area contributed by atoms with Crippen LogP contribution in [0.4, 0.5) is 5.13 Å². The van der Waals surface area contributed by atoms with Crippen LogP contribution in [0.5, 0.6) is 5.75 Å². The van der Waals surface area contributed by atoms with Crippen molar-refractivity contribution in [3.63, 3.8) is 0 Å². The maximum Gasteiger partial charge on any atom is 0.257 e. The molecule has 31 heavy (non-hydrogen) atoms. The van der Waals surface area contributed by atoms with Gasteiger partial charge in [-0.05, 0) is 61.6 Å². The van der Waals surface area contributed by atoms with Crippen molar-refractivity contribution in [3.05, 3.63) is 47.5 Å². The summed E-state index contributed by atoms with van der Waals surface area (Å²) < 4.78 is 34.2. The second-order valence-corrected chi connectivity index (χ2v) is 10.4. The van der Waals surface area contributed by atoms with Crippen LogP contribution in [-0.4, -0.2) is 32.5 Å². The number of amides is 1. The van der Waals surface area contributed by atoms with Gasteiger partial charge in [-0.25, -0.2) is 18.1 Å². The van der Waals surface area contributed by atoms with Gasteiger partial charge in [0.05, 0.1) is 17.3 Å². The predicted octanol–water partition coefficient (Wildman–Crippen LogP) is 4.34. The number of aryl methyl sites for hydroxylation is 1. The Hall–Kier alpha value is -2.49. The SMILES string of the molecule is CCCCc1ccc2nc(NC(=O)c3ccc(OC)c(S(=O)(=O)NC4CC4)c3)sc2c1. The van der Waals surface area contributed by atoms with Gasteiger partial charge in [0.2, 0.25) is 10.0 Å². The van der Waals surface area contributed by atoms with Crippen molar-refractivity contribution in [3.8, 4) is 5.75 Å². The summed E-state index contributed by atoms with van der Waals surface area (Å²) in [7, 11) is -2.37. The van der Waals surface area contributed by atoms with E-state index in [0.29, 0.717) is 5.13 Å². The molecule has 1 aliphatic rings. The monoisotopic (exact) mass is 459 g/mol. The summed E-state index contributed by atoms with van der Waals surface area (Å²) in [5.41, 5.74) is 2.30. The lowest BCUT2D eigenvalue weighted by atomic mass is 10.1. The summed E-state index contributed by atoms with van der Waals surface area (Å²) in [6.07, 6.45) is 4.92. The van der Waals surface area contributed by atoms with Crippen LogP contribution in [0.1, 0.15) is 48.5 Å². The van der Waals surface area contributed by atoms with E-state index in [1.54, 1.807) is 6.07 Å². The maximum atomic E-state index is 12.8. The zero-order valence-electron chi connectivity index (χ0n) is 17.5. The molecule has 0 radical (unpaired) electrons. The number of rotatable bonds is 9. The summed E-state index contributed by atoms with van der Waals surface area (Å²) >= 11 is 1.40. The minimum absolute atomic E-state index is 0.0422. The summed E-state index contributed by atoms with van der Waals surface area (Å²) in [6.45, 7) is 2.16. The third-order valence-electron chi connectivity index (χ3n) is 5.11. The number of aromatic nitrogens is 1. The highest BCUT2D eigenvalue weighted by molar-refractivity contribution is 7.89. The van der Waals surface area contributed by atoms with Gasteiger partial charge in [0.25, 0.3) is 5.91 Å². The van der Waals surface area contributed by atoms with Gasteiger partial charge in [-0.1, -0.05) is 30.7 Å². The molecule has 1 aliphatic carbocycles. The largest absolute Gasteiger partial charge is 0.495 e. The first kappa shape index (κ1) is 21.7. The van der Waals surface area contributed by atoms with E-state index in [9.17, 15) is 13.2 Å². The third kappa shape index (κ3) is 5.06. The minimum Gasteiger partial charge on any atom is -0.495 e. The number of anilines is 1. The standard InChI is InChI=1S/C22H25N3O4S2/c1-3-4-5-14-6-10-17-19(12-14)30-22(23-17)24-21(26)15-7-11-18(29-2)20(13-15)31(27,28)25-16-8-9-16/h6-7,10-13,16,25H,3-5,8-9H2,1-2H3,(H,23,24,26). The molecular weight excluding hydrogens is 434 g/mol. The number of sulfonamides is 1. The molecule has 1 fully saturated rings. The molecule has 0 spiro atoms. The van der Waals surface area contributed by atoms with Gasteiger partial charge in [-0.2, -0.15) is 0 Å². The van der Waals surface area contributed by atoms with Gasteiger partial charge < -0.3 is 4.74 Å². The fraction of sp³-hybridized carbons (Fsp3) is 0.364. The molecule has 0 bridgehead atoms.